The SMILES string of the molecule is CCCc1nc(Cl)cc(NC2(C)CCOC2)n1. The number of nitrogens with zero attached hydrogens (tertiary/aromatic N) is 2. The molecular weight excluding hydrogens is 238 g/mol. The molecule has 1 aliphatic rings. The number of aromatic nitrogens is 2. The molecular formula is C12H18ClN3O. The van der Waals surface area contributed by atoms with Crippen LogP contribution in [0.1, 0.15) is 32.5 Å². The summed E-state index contributed by atoms with van der Waals surface area (Å²) in [4.78, 5) is 8.67. The summed E-state index contributed by atoms with van der Waals surface area (Å²) in [5.41, 5.74) is -0.0405. The van der Waals surface area contributed by atoms with Gasteiger partial charge in [0.2, 0.25) is 0 Å². The molecule has 1 unspecified atom stereocenters. The van der Waals surface area contributed by atoms with Gasteiger partial charge in [-0.2, -0.15) is 0 Å². The second kappa shape index (κ2) is 5.19. The number of nitrogens with one attached hydrogen (secondary N) is 1. The van der Waals surface area contributed by atoms with Gasteiger partial charge in [0.25, 0.3) is 0 Å². The van der Waals surface area contributed by atoms with Crippen molar-refractivity contribution in [1.29, 1.82) is 0 Å². The van der Waals surface area contributed by atoms with Crippen LogP contribution >= 0.6 is 11.6 Å². The predicted molar refractivity (Wildman–Crippen MR) is 68.5 cm³/mol. The third-order valence-electron chi connectivity index (χ3n) is 2.86. The van der Waals surface area contributed by atoms with Gasteiger partial charge in [-0.05, 0) is 19.8 Å². The molecule has 1 aromatic heterocycles. The Morgan fingerprint density at radius 2 is 2.35 bits per heavy atom. The standard InChI is InChI=1S/C12H18ClN3O/c1-3-4-10-14-9(13)7-11(15-10)16-12(2)5-6-17-8-12/h7H,3-6,8H2,1-2H3,(H,14,15,16). The average Bonchev–Trinajstić information content (AvgIpc) is 2.64. The first-order valence-corrected chi connectivity index (χ1v) is 6.38. The van der Waals surface area contributed by atoms with Crippen molar-refractivity contribution in [2.24, 2.45) is 0 Å². The molecule has 0 saturated carbocycles. The van der Waals surface area contributed by atoms with Gasteiger partial charge in [0, 0.05) is 19.1 Å². The number of rotatable bonds is 4. The molecule has 0 bridgehead atoms. The number of anilines is 1. The summed E-state index contributed by atoms with van der Waals surface area (Å²) < 4.78 is 5.40. The normalized spacial score (nSPS) is 23.9. The maximum atomic E-state index is 5.99. The Bertz CT molecular complexity index is 391. The Morgan fingerprint density at radius 1 is 1.53 bits per heavy atom. The summed E-state index contributed by atoms with van der Waals surface area (Å²) >= 11 is 5.99. The quantitative estimate of drug-likeness (QED) is 0.841. The Hall–Kier alpha value is -0.870. The van der Waals surface area contributed by atoms with Crippen molar-refractivity contribution >= 4 is 17.4 Å². The van der Waals surface area contributed by atoms with Gasteiger partial charge in [0.05, 0.1) is 12.1 Å². The van der Waals surface area contributed by atoms with Crippen LogP contribution in [0.2, 0.25) is 5.15 Å². The van der Waals surface area contributed by atoms with E-state index in [9.17, 15) is 0 Å². The van der Waals surface area contributed by atoms with Gasteiger partial charge in [-0.15, -0.1) is 0 Å². The first-order valence-electron chi connectivity index (χ1n) is 6.01. The van der Waals surface area contributed by atoms with Crippen molar-refractivity contribution in [3.63, 3.8) is 0 Å². The van der Waals surface area contributed by atoms with Gasteiger partial charge >= 0.3 is 0 Å². The topological polar surface area (TPSA) is 47.0 Å². The van der Waals surface area contributed by atoms with Crippen molar-refractivity contribution in [3.05, 3.63) is 17.0 Å². The lowest BCUT2D eigenvalue weighted by Gasteiger charge is -2.24. The largest absolute Gasteiger partial charge is 0.379 e. The zero-order valence-corrected chi connectivity index (χ0v) is 11.0. The fraction of sp³-hybridized carbons (Fsp3) is 0.667. The molecule has 1 fully saturated rings. The predicted octanol–water partition coefficient (Wildman–Crippen LogP) is 2.67. The van der Waals surface area contributed by atoms with Crippen LogP contribution in [0.4, 0.5) is 5.82 Å². The summed E-state index contributed by atoms with van der Waals surface area (Å²) in [6.45, 7) is 5.74. The molecule has 2 heterocycles. The maximum Gasteiger partial charge on any atom is 0.134 e. The zero-order valence-electron chi connectivity index (χ0n) is 10.3. The third-order valence-corrected chi connectivity index (χ3v) is 3.06. The smallest absolute Gasteiger partial charge is 0.134 e. The van der Waals surface area contributed by atoms with Crippen molar-refractivity contribution in [1.82, 2.24) is 9.97 Å². The number of halogens is 1. The Kier molecular flexibility index (Phi) is 3.84. The lowest BCUT2D eigenvalue weighted by Crippen LogP contribution is -2.35. The maximum absolute atomic E-state index is 5.99. The van der Waals surface area contributed by atoms with Crippen LogP contribution in [0.3, 0.4) is 0 Å². The van der Waals surface area contributed by atoms with E-state index in [-0.39, 0.29) is 5.54 Å². The van der Waals surface area contributed by atoms with E-state index in [1.165, 1.54) is 0 Å². The monoisotopic (exact) mass is 255 g/mol. The lowest BCUT2D eigenvalue weighted by molar-refractivity contribution is 0.185. The molecule has 4 nitrogen and oxygen atoms in total. The fourth-order valence-corrected chi connectivity index (χ4v) is 2.14. The summed E-state index contributed by atoms with van der Waals surface area (Å²) in [5, 5.41) is 3.89. The average molecular weight is 256 g/mol. The van der Waals surface area contributed by atoms with E-state index in [1.807, 2.05) is 0 Å². The highest BCUT2D eigenvalue weighted by Crippen LogP contribution is 2.24. The van der Waals surface area contributed by atoms with E-state index in [4.69, 9.17) is 16.3 Å². The molecule has 1 N–H and O–H groups in total. The third kappa shape index (κ3) is 3.30. The minimum atomic E-state index is -0.0405. The number of ether oxygens (including phenoxy) is 1. The molecule has 17 heavy (non-hydrogen) atoms. The Morgan fingerprint density at radius 3 is 3.00 bits per heavy atom. The van der Waals surface area contributed by atoms with Crippen molar-refractivity contribution < 1.29 is 4.74 Å². The van der Waals surface area contributed by atoms with Crippen LogP contribution in [0.25, 0.3) is 0 Å². The van der Waals surface area contributed by atoms with Crippen molar-refractivity contribution in [2.45, 2.75) is 38.6 Å². The summed E-state index contributed by atoms with van der Waals surface area (Å²) in [6, 6.07) is 1.77. The Labute approximate surface area is 107 Å². The first kappa shape index (κ1) is 12.6. The fourth-order valence-electron chi connectivity index (χ4n) is 1.94. The van der Waals surface area contributed by atoms with E-state index < -0.39 is 0 Å². The molecule has 1 atom stereocenters. The lowest BCUT2D eigenvalue weighted by atomic mass is 10.0. The van der Waals surface area contributed by atoms with Crippen LogP contribution in [-0.2, 0) is 11.2 Å². The van der Waals surface area contributed by atoms with Crippen LogP contribution < -0.4 is 5.32 Å². The molecule has 2 rings (SSSR count). The van der Waals surface area contributed by atoms with Crippen LogP contribution in [0, 0.1) is 0 Å². The highest BCUT2D eigenvalue weighted by molar-refractivity contribution is 6.29. The van der Waals surface area contributed by atoms with E-state index >= 15 is 0 Å². The van der Waals surface area contributed by atoms with Gasteiger partial charge in [-0.3, -0.25) is 0 Å². The molecule has 0 radical (unpaired) electrons. The summed E-state index contributed by atoms with van der Waals surface area (Å²) in [6.07, 6.45) is 2.85. The van der Waals surface area contributed by atoms with Crippen LogP contribution in [0.15, 0.2) is 6.07 Å². The minimum absolute atomic E-state index is 0.0405. The minimum Gasteiger partial charge on any atom is -0.379 e. The van der Waals surface area contributed by atoms with E-state index in [0.717, 1.165) is 37.5 Å². The molecule has 1 saturated heterocycles. The first-order chi connectivity index (χ1) is 8.11. The van der Waals surface area contributed by atoms with Gasteiger partial charge in [-0.1, -0.05) is 18.5 Å². The molecule has 1 aromatic rings. The van der Waals surface area contributed by atoms with Crippen LogP contribution in [0.5, 0.6) is 0 Å². The molecule has 94 valence electrons. The van der Waals surface area contributed by atoms with Gasteiger partial charge in [-0.25, -0.2) is 9.97 Å². The second-order valence-electron chi connectivity index (χ2n) is 4.73. The molecule has 0 aromatic carbocycles. The molecule has 1 aliphatic heterocycles. The zero-order chi connectivity index (χ0) is 12.3. The molecule has 0 aliphatic carbocycles. The van der Waals surface area contributed by atoms with E-state index in [1.54, 1.807) is 6.07 Å². The van der Waals surface area contributed by atoms with Crippen LogP contribution in [-0.4, -0.2) is 28.7 Å². The number of hydrogen-bond donors (Lipinski definition) is 1. The van der Waals surface area contributed by atoms with Crippen molar-refractivity contribution in [2.75, 3.05) is 18.5 Å². The second-order valence-corrected chi connectivity index (χ2v) is 5.12. The number of aryl methyl sites for hydroxylation is 1. The van der Waals surface area contributed by atoms with E-state index in [2.05, 4.69) is 29.1 Å². The number of hydrogen-bond acceptors (Lipinski definition) is 4. The molecule has 5 heteroatoms. The molecule has 0 amide bonds. The summed E-state index contributed by atoms with van der Waals surface area (Å²) in [7, 11) is 0. The highest BCUT2D eigenvalue weighted by atomic mass is 35.5. The van der Waals surface area contributed by atoms with Gasteiger partial charge in [0.15, 0.2) is 0 Å². The summed E-state index contributed by atoms with van der Waals surface area (Å²) in [5.74, 6) is 1.59. The van der Waals surface area contributed by atoms with Gasteiger partial charge in [0.1, 0.15) is 16.8 Å². The van der Waals surface area contributed by atoms with Gasteiger partial charge < -0.3 is 10.1 Å². The van der Waals surface area contributed by atoms with E-state index in [0.29, 0.717) is 11.8 Å². The van der Waals surface area contributed by atoms with Crippen molar-refractivity contribution in [3.8, 4) is 0 Å². The molecule has 0 spiro atoms. The Balaban J connectivity index is 2.14. The highest BCUT2D eigenvalue weighted by Gasteiger charge is 2.29.